The van der Waals surface area contributed by atoms with Crippen LogP contribution in [0.1, 0.15) is 85.8 Å². The van der Waals surface area contributed by atoms with Crippen LogP contribution < -0.4 is 43.8 Å². The highest BCUT2D eigenvalue weighted by atomic mass is 16.4. The van der Waals surface area contributed by atoms with Crippen LogP contribution in [0.3, 0.4) is 0 Å². The summed E-state index contributed by atoms with van der Waals surface area (Å²) in [5.41, 5.74) is 17.0. The molecule has 0 saturated heterocycles. The van der Waals surface area contributed by atoms with Crippen LogP contribution >= 0.6 is 0 Å². The van der Waals surface area contributed by atoms with Crippen LogP contribution in [-0.4, -0.2) is 110 Å². The van der Waals surface area contributed by atoms with E-state index in [0.29, 0.717) is 5.69 Å². The van der Waals surface area contributed by atoms with Crippen LogP contribution in [0.25, 0.3) is 0 Å². The van der Waals surface area contributed by atoms with Gasteiger partial charge in [0.1, 0.15) is 30.2 Å². The molecule has 20 heteroatoms. The van der Waals surface area contributed by atoms with Crippen molar-refractivity contribution < 1.29 is 43.8 Å². The summed E-state index contributed by atoms with van der Waals surface area (Å²) in [5.74, 6) is -6.90. The van der Waals surface area contributed by atoms with Gasteiger partial charge in [0, 0.05) is 24.9 Å². The van der Waals surface area contributed by atoms with Crippen molar-refractivity contribution in [1.29, 1.82) is 0 Å². The van der Waals surface area contributed by atoms with Crippen molar-refractivity contribution in [1.82, 2.24) is 36.6 Å². The maximum atomic E-state index is 13.9. The zero-order valence-corrected chi connectivity index (χ0v) is 31.9. The van der Waals surface area contributed by atoms with Gasteiger partial charge in [-0.05, 0) is 49.9 Å². The van der Waals surface area contributed by atoms with Gasteiger partial charge < -0.3 is 59.0 Å². The van der Waals surface area contributed by atoms with Crippen molar-refractivity contribution in [3.63, 3.8) is 0 Å². The number of aromatic amines is 1. The van der Waals surface area contributed by atoms with Gasteiger partial charge in [0.2, 0.25) is 29.5 Å². The third-order valence-corrected chi connectivity index (χ3v) is 7.92. The molecule has 54 heavy (non-hydrogen) atoms. The molecule has 0 unspecified atom stereocenters. The minimum atomic E-state index is -1.42. The fraction of sp³-hybridized carbons (Fsp3) is 0.676. The Morgan fingerprint density at radius 2 is 1.15 bits per heavy atom. The van der Waals surface area contributed by atoms with Crippen molar-refractivity contribution >= 4 is 47.4 Å². The van der Waals surface area contributed by atoms with Gasteiger partial charge in [0.05, 0.1) is 18.8 Å². The number of amides is 5. The molecule has 0 saturated carbocycles. The van der Waals surface area contributed by atoms with E-state index in [1.807, 2.05) is 13.8 Å². The second kappa shape index (κ2) is 23.4. The van der Waals surface area contributed by atoms with Crippen molar-refractivity contribution in [3.05, 3.63) is 18.2 Å². The number of aliphatic imine (C=N–C) groups is 1. The smallest absolute Gasteiger partial charge is 0.326 e. The number of carboxylic acids is 2. The number of nitrogens with two attached hydrogens (primary N) is 3. The first kappa shape index (κ1) is 46.8. The van der Waals surface area contributed by atoms with Crippen molar-refractivity contribution in [2.75, 3.05) is 6.54 Å². The van der Waals surface area contributed by atoms with E-state index in [1.54, 1.807) is 27.7 Å². The lowest BCUT2D eigenvalue weighted by Crippen LogP contribution is -2.60. The van der Waals surface area contributed by atoms with E-state index in [-0.39, 0.29) is 68.8 Å². The Labute approximate surface area is 315 Å². The molecule has 1 aromatic heterocycles. The van der Waals surface area contributed by atoms with Crippen molar-refractivity contribution in [3.8, 4) is 0 Å². The average molecular weight is 766 g/mol. The third-order valence-electron chi connectivity index (χ3n) is 7.92. The summed E-state index contributed by atoms with van der Waals surface area (Å²) in [5, 5.41) is 31.7. The van der Waals surface area contributed by atoms with E-state index in [1.165, 1.54) is 12.5 Å². The van der Waals surface area contributed by atoms with Crippen LogP contribution in [0, 0.1) is 17.8 Å². The molecule has 0 bridgehead atoms. The molecule has 20 nitrogen and oxygen atoms in total. The van der Waals surface area contributed by atoms with Crippen LogP contribution in [0.2, 0.25) is 0 Å². The average Bonchev–Trinajstić information content (AvgIpc) is 3.56. The number of hydrogen-bond acceptors (Lipinski definition) is 10. The second-order valence-electron chi connectivity index (χ2n) is 14.5. The van der Waals surface area contributed by atoms with Gasteiger partial charge in [-0.3, -0.25) is 33.8 Å². The maximum Gasteiger partial charge on any atom is 0.326 e. The van der Waals surface area contributed by atoms with Gasteiger partial charge in [0.15, 0.2) is 5.96 Å². The number of carboxylic acid groups (broad SMARTS) is 2. The van der Waals surface area contributed by atoms with Gasteiger partial charge >= 0.3 is 11.9 Å². The number of nitrogens with one attached hydrogen (secondary N) is 6. The molecule has 0 spiro atoms. The molecule has 5 amide bonds. The zero-order chi connectivity index (χ0) is 41.1. The molecule has 0 fully saturated rings. The van der Waals surface area contributed by atoms with Gasteiger partial charge in [-0.15, -0.1) is 0 Å². The number of aliphatic carboxylic acids is 2. The van der Waals surface area contributed by atoms with E-state index in [9.17, 15) is 38.7 Å². The normalized spacial score (nSPS) is 14.6. The number of guanidine groups is 1. The summed E-state index contributed by atoms with van der Waals surface area (Å²) >= 11 is 0. The van der Waals surface area contributed by atoms with E-state index < -0.39 is 84.1 Å². The molecular formula is C34H59N11O9. The Morgan fingerprint density at radius 1 is 0.704 bits per heavy atom. The van der Waals surface area contributed by atoms with E-state index >= 15 is 0 Å². The highest BCUT2D eigenvalue weighted by Crippen LogP contribution is 2.12. The number of carbonyl (C=O) groups excluding carboxylic acids is 5. The molecule has 6 atom stereocenters. The van der Waals surface area contributed by atoms with Gasteiger partial charge in [0.25, 0.3) is 0 Å². The number of rotatable bonds is 25. The van der Waals surface area contributed by atoms with E-state index in [2.05, 4.69) is 41.5 Å². The first-order chi connectivity index (χ1) is 25.2. The Hall–Kier alpha value is -5.27. The summed E-state index contributed by atoms with van der Waals surface area (Å²) in [7, 11) is 0. The minimum absolute atomic E-state index is 0.0301. The SMILES string of the molecule is CC(C)C[C@H](NC(=O)[C@H](CCCN=C(N)N)NC(=O)[C@H](CC(C)C)NC(=O)[C@H](Cc1cnc[nH]1)NC(=O)[C@H](CC(C)C)NC(=O)[C@@H](N)CC(=O)O)C(=O)O. The zero-order valence-electron chi connectivity index (χ0n) is 31.9. The van der Waals surface area contributed by atoms with E-state index in [4.69, 9.17) is 22.3 Å². The maximum absolute atomic E-state index is 13.9. The Balaban J connectivity index is 3.37. The van der Waals surface area contributed by atoms with Crippen molar-refractivity contribution in [2.24, 2.45) is 39.9 Å². The molecule has 1 aromatic rings. The molecule has 1 heterocycles. The predicted molar refractivity (Wildman–Crippen MR) is 198 cm³/mol. The van der Waals surface area contributed by atoms with E-state index in [0.717, 1.165) is 0 Å². The second-order valence-corrected chi connectivity index (χ2v) is 14.5. The van der Waals surface area contributed by atoms with Gasteiger partial charge in [-0.25, -0.2) is 9.78 Å². The van der Waals surface area contributed by atoms with Crippen LogP contribution in [0.5, 0.6) is 0 Å². The van der Waals surface area contributed by atoms with Crippen LogP contribution in [-0.2, 0) is 40.0 Å². The molecule has 14 N–H and O–H groups in total. The topological polar surface area (TPSA) is 339 Å². The number of aromatic nitrogens is 2. The molecule has 0 aliphatic rings. The first-order valence-corrected chi connectivity index (χ1v) is 17.9. The first-order valence-electron chi connectivity index (χ1n) is 17.9. The minimum Gasteiger partial charge on any atom is -0.481 e. The molecular weight excluding hydrogens is 706 g/mol. The summed E-state index contributed by atoms with van der Waals surface area (Å²) in [6, 6.07) is -7.56. The van der Waals surface area contributed by atoms with Gasteiger partial charge in [-0.2, -0.15) is 0 Å². The lowest BCUT2D eigenvalue weighted by Gasteiger charge is -2.28. The fourth-order valence-electron chi connectivity index (χ4n) is 5.35. The van der Waals surface area contributed by atoms with Gasteiger partial charge in [-0.1, -0.05) is 41.5 Å². The molecule has 0 aliphatic carbocycles. The number of H-pyrrole nitrogens is 1. The summed E-state index contributed by atoms with van der Waals surface area (Å²) in [4.78, 5) is 101. The number of carbonyl (C=O) groups is 7. The fourth-order valence-corrected chi connectivity index (χ4v) is 5.35. The Kier molecular flexibility index (Phi) is 20.3. The predicted octanol–water partition coefficient (Wildman–Crippen LogP) is -1.55. The monoisotopic (exact) mass is 765 g/mol. The third kappa shape index (κ3) is 18.5. The number of hydrogen-bond donors (Lipinski definition) is 11. The lowest BCUT2D eigenvalue weighted by atomic mass is 10.00. The standard InChI is InChI=1S/C34H59N11O9/c1-17(2)10-23(42-28(48)21(35)14-27(46)47)31(51)44-25(13-20-15-38-16-40-20)32(52)43-24(11-18(3)4)30(50)41-22(8-7-9-39-34(36)37)29(49)45-26(33(53)54)12-19(5)6/h15-19,21-26H,7-14,35H2,1-6H3,(H,38,40)(H,41,50)(H,42,48)(H,43,52)(H,44,51)(H,45,49)(H,46,47)(H,53,54)(H4,36,37,39)/t21-,22-,23-,24-,25-,26-/m0/s1. The summed E-state index contributed by atoms with van der Waals surface area (Å²) < 4.78 is 0. The highest BCUT2D eigenvalue weighted by molar-refractivity contribution is 5.96. The van der Waals surface area contributed by atoms with Crippen molar-refractivity contribution in [2.45, 2.75) is 123 Å². The quantitative estimate of drug-likeness (QED) is 0.0306. The Morgan fingerprint density at radius 3 is 1.61 bits per heavy atom. The molecule has 1 rings (SSSR count). The number of imidazole rings is 1. The lowest BCUT2D eigenvalue weighted by molar-refractivity contribution is -0.143. The molecule has 0 aromatic carbocycles. The number of nitrogens with zero attached hydrogens (tertiary/aromatic N) is 2. The van der Waals surface area contributed by atoms with Crippen LogP contribution in [0.4, 0.5) is 0 Å². The molecule has 0 aliphatic heterocycles. The Bertz CT molecular complexity index is 1430. The largest absolute Gasteiger partial charge is 0.481 e. The molecule has 304 valence electrons. The summed E-state index contributed by atoms with van der Waals surface area (Å²) in [6.45, 7) is 11.0. The van der Waals surface area contributed by atoms with Crippen LogP contribution in [0.15, 0.2) is 17.5 Å². The highest BCUT2D eigenvalue weighted by Gasteiger charge is 2.34. The summed E-state index contributed by atoms with van der Waals surface area (Å²) in [6.07, 6.45) is 2.71. The molecule has 0 radical (unpaired) electrons.